The Morgan fingerprint density at radius 3 is 2.53 bits per heavy atom. The number of methoxy groups -OCH3 is 1. The Morgan fingerprint density at radius 1 is 1.41 bits per heavy atom. The third-order valence-corrected chi connectivity index (χ3v) is 2.56. The van der Waals surface area contributed by atoms with Gasteiger partial charge < -0.3 is 20.5 Å². The summed E-state index contributed by atoms with van der Waals surface area (Å²) in [6.07, 6.45) is 0.703. The average Bonchev–Trinajstić information content (AvgIpc) is 2.30. The zero-order chi connectivity index (χ0) is 13.3. The van der Waals surface area contributed by atoms with Crippen LogP contribution in [-0.4, -0.2) is 49.8 Å². The van der Waals surface area contributed by atoms with E-state index in [0.717, 1.165) is 0 Å². The minimum Gasteiger partial charge on any atom is -0.480 e. The molecule has 0 aromatic carbocycles. The molecule has 0 aliphatic heterocycles. The van der Waals surface area contributed by atoms with Gasteiger partial charge in [-0.25, -0.2) is 4.79 Å². The number of carbonyl (C=O) groups excluding carboxylic acids is 1. The van der Waals surface area contributed by atoms with E-state index in [4.69, 9.17) is 9.84 Å². The number of carboxylic acids is 1. The summed E-state index contributed by atoms with van der Waals surface area (Å²) in [5.74, 6) is -1.39. The van der Waals surface area contributed by atoms with Gasteiger partial charge in [0.05, 0.1) is 13.2 Å². The van der Waals surface area contributed by atoms with Gasteiger partial charge in [0.25, 0.3) is 0 Å². The molecule has 0 bridgehead atoms. The van der Waals surface area contributed by atoms with E-state index in [1.165, 1.54) is 0 Å². The third-order valence-electron chi connectivity index (χ3n) is 2.56. The lowest BCUT2D eigenvalue weighted by molar-refractivity contribution is -0.143. The largest absolute Gasteiger partial charge is 0.480 e. The lowest BCUT2D eigenvalue weighted by atomic mass is 9.99. The topological polar surface area (TPSA) is 87.7 Å². The molecular weight excluding hydrogens is 224 g/mol. The quantitative estimate of drug-likeness (QED) is 0.492. The molecule has 1 amide bonds. The van der Waals surface area contributed by atoms with Crippen LogP contribution in [0.25, 0.3) is 0 Å². The number of hydrogen-bond acceptors (Lipinski definition) is 4. The van der Waals surface area contributed by atoms with Crippen molar-refractivity contribution in [1.82, 2.24) is 10.6 Å². The molecule has 2 atom stereocenters. The van der Waals surface area contributed by atoms with Gasteiger partial charge in [0, 0.05) is 13.7 Å². The molecule has 0 heterocycles. The van der Waals surface area contributed by atoms with E-state index >= 15 is 0 Å². The molecule has 6 nitrogen and oxygen atoms in total. The number of hydrogen-bond donors (Lipinski definition) is 3. The number of nitrogens with one attached hydrogen (secondary N) is 2. The normalized spacial score (nSPS) is 14.1. The van der Waals surface area contributed by atoms with Gasteiger partial charge in [-0.15, -0.1) is 0 Å². The first-order valence-corrected chi connectivity index (χ1v) is 5.74. The lowest BCUT2D eigenvalue weighted by Gasteiger charge is -2.20. The molecule has 0 aliphatic carbocycles. The zero-order valence-electron chi connectivity index (χ0n) is 10.7. The van der Waals surface area contributed by atoms with Crippen LogP contribution < -0.4 is 10.6 Å². The molecular formula is C11H22N2O4. The molecule has 0 rings (SSSR count). The van der Waals surface area contributed by atoms with E-state index in [9.17, 15) is 9.59 Å². The standard InChI is InChI=1S/C11H22N2O4/c1-4-8(2)10(11(15)16)13-9(14)7-12-5-6-17-3/h8,10,12H,4-7H2,1-3H3,(H,13,14)(H,15,16)/t8?,10-/m0/s1. The highest BCUT2D eigenvalue weighted by molar-refractivity contribution is 5.84. The molecule has 0 fully saturated rings. The van der Waals surface area contributed by atoms with Crippen molar-refractivity contribution in [3.63, 3.8) is 0 Å². The molecule has 0 aromatic heterocycles. The fraction of sp³-hybridized carbons (Fsp3) is 0.818. The van der Waals surface area contributed by atoms with Crippen LogP contribution >= 0.6 is 0 Å². The minimum absolute atomic E-state index is 0.0876. The number of ether oxygens (including phenoxy) is 1. The van der Waals surface area contributed by atoms with Crippen LogP contribution in [0.3, 0.4) is 0 Å². The van der Waals surface area contributed by atoms with Crippen molar-refractivity contribution in [3.8, 4) is 0 Å². The number of carboxylic acid groups (broad SMARTS) is 1. The fourth-order valence-corrected chi connectivity index (χ4v) is 1.28. The van der Waals surface area contributed by atoms with Crippen LogP contribution in [0.4, 0.5) is 0 Å². The Morgan fingerprint density at radius 2 is 2.06 bits per heavy atom. The first kappa shape index (κ1) is 15.9. The Kier molecular flexibility index (Phi) is 8.35. The van der Waals surface area contributed by atoms with Crippen molar-refractivity contribution < 1.29 is 19.4 Å². The summed E-state index contributed by atoms with van der Waals surface area (Å²) in [6, 6.07) is -0.822. The molecule has 0 aromatic rings. The molecule has 1 unspecified atom stereocenters. The molecule has 17 heavy (non-hydrogen) atoms. The van der Waals surface area contributed by atoms with Crippen LogP contribution in [0.1, 0.15) is 20.3 Å². The van der Waals surface area contributed by atoms with Crippen molar-refractivity contribution in [1.29, 1.82) is 0 Å². The number of amides is 1. The molecule has 0 aliphatic rings. The summed E-state index contributed by atoms with van der Waals surface area (Å²) in [5.41, 5.74) is 0. The van der Waals surface area contributed by atoms with Crippen molar-refractivity contribution in [3.05, 3.63) is 0 Å². The predicted octanol–water partition coefficient (Wildman–Crippen LogP) is -0.162. The predicted molar refractivity (Wildman–Crippen MR) is 63.8 cm³/mol. The summed E-state index contributed by atoms with van der Waals surface area (Å²) in [5, 5.41) is 14.3. The van der Waals surface area contributed by atoms with E-state index in [1.807, 2.05) is 6.92 Å². The summed E-state index contributed by atoms with van der Waals surface area (Å²) >= 11 is 0. The smallest absolute Gasteiger partial charge is 0.326 e. The summed E-state index contributed by atoms with van der Waals surface area (Å²) in [4.78, 5) is 22.4. The Labute approximate surface area is 102 Å². The van der Waals surface area contributed by atoms with E-state index < -0.39 is 12.0 Å². The van der Waals surface area contributed by atoms with Gasteiger partial charge in [0.15, 0.2) is 0 Å². The highest BCUT2D eigenvalue weighted by Gasteiger charge is 2.24. The van der Waals surface area contributed by atoms with Crippen molar-refractivity contribution >= 4 is 11.9 Å². The third kappa shape index (κ3) is 6.91. The fourth-order valence-electron chi connectivity index (χ4n) is 1.28. The lowest BCUT2D eigenvalue weighted by Crippen LogP contribution is -2.48. The van der Waals surface area contributed by atoms with E-state index in [-0.39, 0.29) is 18.4 Å². The Hall–Kier alpha value is -1.14. The second kappa shape index (κ2) is 8.95. The SMILES string of the molecule is CCC(C)[C@H](NC(=O)CNCCOC)C(=O)O. The Bertz CT molecular complexity index is 246. The molecule has 0 saturated heterocycles. The zero-order valence-corrected chi connectivity index (χ0v) is 10.7. The summed E-state index contributed by atoms with van der Waals surface area (Å²) in [6.45, 7) is 4.87. The van der Waals surface area contributed by atoms with Crippen LogP contribution in [-0.2, 0) is 14.3 Å². The summed E-state index contributed by atoms with van der Waals surface area (Å²) in [7, 11) is 1.57. The molecule has 0 radical (unpaired) electrons. The van der Waals surface area contributed by atoms with Crippen molar-refractivity contribution in [2.24, 2.45) is 5.92 Å². The maximum absolute atomic E-state index is 11.5. The molecule has 100 valence electrons. The van der Waals surface area contributed by atoms with E-state index in [2.05, 4.69) is 10.6 Å². The number of rotatable bonds is 9. The van der Waals surface area contributed by atoms with Crippen LogP contribution in [0, 0.1) is 5.92 Å². The van der Waals surface area contributed by atoms with E-state index in [0.29, 0.717) is 19.6 Å². The first-order chi connectivity index (χ1) is 8.02. The molecule has 6 heteroatoms. The highest BCUT2D eigenvalue weighted by atomic mass is 16.5. The summed E-state index contributed by atoms with van der Waals surface area (Å²) < 4.78 is 4.81. The van der Waals surface area contributed by atoms with Crippen LogP contribution in [0.5, 0.6) is 0 Å². The van der Waals surface area contributed by atoms with Gasteiger partial charge in [-0.05, 0) is 5.92 Å². The van der Waals surface area contributed by atoms with Gasteiger partial charge in [0.1, 0.15) is 6.04 Å². The van der Waals surface area contributed by atoms with Crippen molar-refractivity contribution in [2.45, 2.75) is 26.3 Å². The number of aliphatic carboxylic acids is 1. The average molecular weight is 246 g/mol. The number of carbonyl (C=O) groups is 2. The Balaban J connectivity index is 4.00. The van der Waals surface area contributed by atoms with Gasteiger partial charge >= 0.3 is 5.97 Å². The van der Waals surface area contributed by atoms with Gasteiger partial charge in [-0.3, -0.25) is 4.79 Å². The van der Waals surface area contributed by atoms with Crippen LogP contribution in [0.15, 0.2) is 0 Å². The first-order valence-electron chi connectivity index (χ1n) is 5.74. The highest BCUT2D eigenvalue weighted by Crippen LogP contribution is 2.07. The van der Waals surface area contributed by atoms with E-state index in [1.54, 1.807) is 14.0 Å². The minimum atomic E-state index is -0.996. The second-order valence-electron chi connectivity index (χ2n) is 3.94. The van der Waals surface area contributed by atoms with Gasteiger partial charge in [0.2, 0.25) is 5.91 Å². The van der Waals surface area contributed by atoms with Crippen LogP contribution in [0.2, 0.25) is 0 Å². The van der Waals surface area contributed by atoms with Gasteiger partial charge in [-0.2, -0.15) is 0 Å². The van der Waals surface area contributed by atoms with Gasteiger partial charge in [-0.1, -0.05) is 20.3 Å². The monoisotopic (exact) mass is 246 g/mol. The molecule has 0 spiro atoms. The maximum Gasteiger partial charge on any atom is 0.326 e. The molecule has 0 saturated carbocycles. The maximum atomic E-state index is 11.5. The van der Waals surface area contributed by atoms with Crippen molar-refractivity contribution in [2.75, 3.05) is 26.8 Å². The molecule has 3 N–H and O–H groups in total. The second-order valence-corrected chi connectivity index (χ2v) is 3.94.